The number of benzene rings is 1. The summed E-state index contributed by atoms with van der Waals surface area (Å²) >= 11 is 5.67. The van der Waals surface area contributed by atoms with Gasteiger partial charge in [0.1, 0.15) is 6.54 Å². The van der Waals surface area contributed by atoms with Gasteiger partial charge in [-0.05, 0) is 24.3 Å². The van der Waals surface area contributed by atoms with Crippen molar-refractivity contribution in [1.82, 2.24) is 4.72 Å². The fourth-order valence-corrected chi connectivity index (χ4v) is 2.46. The molecular weight excluding hydrogens is 312 g/mol. The standard InChI is InChI=1S/C10H11ClN2O6S/c1-19-10(16)12-20(17,18)13(6-9(14)15)8-4-2-7(11)3-5-8/h2-5H,6H2,1H3,(H,12,16)(H,14,15). The van der Waals surface area contributed by atoms with Crippen LogP contribution in [0.5, 0.6) is 0 Å². The number of anilines is 1. The molecule has 0 heterocycles. The van der Waals surface area contributed by atoms with Gasteiger partial charge in [-0.1, -0.05) is 11.6 Å². The van der Waals surface area contributed by atoms with Gasteiger partial charge >= 0.3 is 22.3 Å². The molecule has 110 valence electrons. The van der Waals surface area contributed by atoms with Gasteiger partial charge in [0.25, 0.3) is 0 Å². The highest BCUT2D eigenvalue weighted by molar-refractivity contribution is 7.91. The molecule has 0 unspecified atom stereocenters. The molecule has 0 saturated heterocycles. The Morgan fingerprint density at radius 1 is 1.35 bits per heavy atom. The fourth-order valence-electron chi connectivity index (χ4n) is 1.25. The van der Waals surface area contributed by atoms with E-state index in [-0.39, 0.29) is 5.69 Å². The van der Waals surface area contributed by atoms with E-state index in [2.05, 4.69) is 4.74 Å². The molecule has 0 radical (unpaired) electrons. The van der Waals surface area contributed by atoms with Gasteiger partial charge in [-0.3, -0.25) is 4.79 Å². The monoisotopic (exact) mass is 322 g/mol. The molecule has 0 aliphatic heterocycles. The molecular formula is C10H11ClN2O6S. The Kier molecular flexibility index (Phi) is 5.17. The van der Waals surface area contributed by atoms with Crippen LogP contribution in [0.1, 0.15) is 0 Å². The van der Waals surface area contributed by atoms with Crippen molar-refractivity contribution in [2.75, 3.05) is 18.0 Å². The molecule has 20 heavy (non-hydrogen) atoms. The average molecular weight is 323 g/mol. The van der Waals surface area contributed by atoms with Gasteiger partial charge in [-0.2, -0.15) is 8.42 Å². The topological polar surface area (TPSA) is 113 Å². The van der Waals surface area contributed by atoms with Crippen LogP contribution in [0, 0.1) is 0 Å². The third-order valence-corrected chi connectivity index (χ3v) is 3.68. The summed E-state index contributed by atoms with van der Waals surface area (Å²) < 4.78 is 30.1. The Bertz CT molecular complexity index is 601. The molecule has 0 bridgehead atoms. The molecule has 0 saturated carbocycles. The first-order valence-corrected chi connectivity index (χ1v) is 6.94. The molecule has 1 rings (SSSR count). The van der Waals surface area contributed by atoms with Crippen LogP contribution in [-0.4, -0.2) is 39.2 Å². The Morgan fingerprint density at radius 2 is 1.90 bits per heavy atom. The molecule has 1 aromatic rings. The number of amides is 1. The summed E-state index contributed by atoms with van der Waals surface area (Å²) in [7, 11) is -3.43. The maximum Gasteiger partial charge on any atom is 0.422 e. The number of carbonyl (C=O) groups is 2. The van der Waals surface area contributed by atoms with Gasteiger partial charge in [0.05, 0.1) is 12.8 Å². The molecule has 0 aliphatic carbocycles. The number of carboxylic acids is 1. The number of halogens is 1. The second-order valence-corrected chi connectivity index (χ2v) is 5.51. The summed E-state index contributed by atoms with van der Waals surface area (Å²) in [4.78, 5) is 21.8. The van der Waals surface area contributed by atoms with Crippen molar-refractivity contribution >= 4 is 39.6 Å². The molecule has 10 heteroatoms. The molecule has 8 nitrogen and oxygen atoms in total. The zero-order chi connectivity index (χ0) is 15.3. The van der Waals surface area contributed by atoms with Crippen LogP contribution in [-0.2, 0) is 19.7 Å². The summed E-state index contributed by atoms with van der Waals surface area (Å²) in [5, 5.41) is 9.13. The van der Waals surface area contributed by atoms with Gasteiger partial charge in [0.15, 0.2) is 0 Å². The number of methoxy groups -OCH3 is 1. The van der Waals surface area contributed by atoms with E-state index < -0.39 is 28.8 Å². The van der Waals surface area contributed by atoms with E-state index in [1.165, 1.54) is 24.3 Å². The van der Waals surface area contributed by atoms with Gasteiger partial charge in [0.2, 0.25) is 0 Å². The van der Waals surface area contributed by atoms with Crippen molar-refractivity contribution in [2.24, 2.45) is 0 Å². The average Bonchev–Trinajstić information content (AvgIpc) is 2.36. The number of aliphatic carboxylic acids is 1. The Balaban J connectivity index is 3.15. The summed E-state index contributed by atoms with van der Waals surface area (Å²) in [6.07, 6.45) is -1.23. The SMILES string of the molecule is COC(=O)NS(=O)(=O)N(CC(=O)O)c1ccc(Cl)cc1. The first-order chi connectivity index (χ1) is 9.26. The van der Waals surface area contributed by atoms with Gasteiger partial charge in [-0.25, -0.2) is 13.8 Å². The van der Waals surface area contributed by atoms with Crippen molar-refractivity contribution < 1.29 is 27.9 Å². The van der Waals surface area contributed by atoms with E-state index in [1.54, 1.807) is 4.72 Å². The van der Waals surface area contributed by atoms with Crippen molar-refractivity contribution in [2.45, 2.75) is 0 Å². The summed E-state index contributed by atoms with van der Waals surface area (Å²) in [6, 6.07) is 5.39. The normalized spacial score (nSPS) is 10.7. The summed E-state index contributed by atoms with van der Waals surface area (Å²) in [5.41, 5.74) is 0.0354. The number of hydrogen-bond acceptors (Lipinski definition) is 5. The summed E-state index contributed by atoms with van der Waals surface area (Å²) in [5.74, 6) is -1.39. The summed E-state index contributed by atoms with van der Waals surface area (Å²) in [6.45, 7) is -0.867. The van der Waals surface area contributed by atoms with Crippen LogP contribution in [0.2, 0.25) is 5.02 Å². The quantitative estimate of drug-likeness (QED) is 0.830. The van der Waals surface area contributed by atoms with E-state index in [0.29, 0.717) is 9.33 Å². The number of carbonyl (C=O) groups excluding carboxylic acids is 1. The van der Waals surface area contributed by atoms with Crippen molar-refractivity contribution in [3.05, 3.63) is 29.3 Å². The highest BCUT2D eigenvalue weighted by Crippen LogP contribution is 2.20. The smallest absolute Gasteiger partial charge is 0.422 e. The molecule has 0 atom stereocenters. The van der Waals surface area contributed by atoms with Crippen LogP contribution in [0.3, 0.4) is 0 Å². The number of nitrogens with one attached hydrogen (secondary N) is 1. The first-order valence-electron chi connectivity index (χ1n) is 5.12. The highest BCUT2D eigenvalue weighted by Gasteiger charge is 2.27. The van der Waals surface area contributed by atoms with Gasteiger partial charge in [-0.15, -0.1) is 0 Å². The van der Waals surface area contributed by atoms with Crippen LogP contribution in [0.25, 0.3) is 0 Å². The third-order valence-electron chi connectivity index (χ3n) is 2.08. The molecule has 0 fully saturated rings. The lowest BCUT2D eigenvalue weighted by molar-refractivity contribution is -0.135. The Morgan fingerprint density at radius 3 is 2.35 bits per heavy atom. The van der Waals surface area contributed by atoms with E-state index in [1.807, 2.05) is 0 Å². The van der Waals surface area contributed by atoms with Crippen LogP contribution in [0.4, 0.5) is 10.5 Å². The third kappa shape index (κ3) is 4.28. The lowest BCUT2D eigenvalue weighted by atomic mass is 10.3. The number of hydrogen-bond donors (Lipinski definition) is 2. The number of rotatable bonds is 5. The minimum absolute atomic E-state index is 0.0354. The predicted octanol–water partition coefficient (Wildman–Crippen LogP) is 0.832. The molecule has 0 aliphatic rings. The molecule has 1 amide bonds. The second kappa shape index (κ2) is 6.44. The van der Waals surface area contributed by atoms with Crippen molar-refractivity contribution in [1.29, 1.82) is 0 Å². The van der Waals surface area contributed by atoms with Crippen LogP contribution < -0.4 is 9.03 Å². The van der Waals surface area contributed by atoms with Crippen LogP contribution in [0.15, 0.2) is 24.3 Å². The van der Waals surface area contributed by atoms with Gasteiger partial charge < -0.3 is 9.84 Å². The van der Waals surface area contributed by atoms with Crippen LogP contribution >= 0.6 is 11.6 Å². The largest absolute Gasteiger partial charge is 0.480 e. The first kappa shape index (κ1) is 16.1. The lowest BCUT2D eigenvalue weighted by Gasteiger charge is -2.22. The predicted molar refractivity (Wildman–Crippen MR) is 70.9 cm³/mol. The molecule has 0 aromatic heterocycles. The van der Waals surface area contributed by atoms with Crippen molar-refractivity contribution in [3.63, 3.8) is 0 Å². The highest BCUT2D eigenvalue weighted by atomic mass is 35.5. The van der Waals surface area contributed by atoms with E-state index >= 15 is 0 Å². The fraction of sp³-hybridized carbons (Fsp3) is 0.200. The Hall–Kier alpha value is -2.00. The lowest BCUT2D eigenvalue weighted by Crippen LogP contribution is -2.45. The minimum atomic E-state index is -4.41. The molecule has 1 aromatic carbocycles. The minimum Gasteiger partial charge on any atom is -0.480 e. The molecule has 2 N–H and O–H groups in total. The van der Waals surface area contributed by atoms with Crippen molar-refractivity contribution in [3.8, 4) is 0 Å². The second-order valence-electron chi connectivity index (χ2n) is 3.48. The maximum atomic E-state index is 11.9. The number of ether oxygens (including phenoxy) is 1. The van der Waals surface area contributed by atoms with E-state index in [4.69, 9.17) is 16.7 Å². The zero-order valence-electron chi connectivity index (χ0n) is 10.2. The number of nitrogens with zero attached hydrogens (tertiary/aromatic N) is 1. The van der Waals surface area contributed by atoms with Gasteiger partial charge in [0, 0.05) is 5.02 Å². The number of carboxylic acid groups (broad SMARTS) is 1. The maximum absolute atomic E-state index is 11.9. The Labute approximate surface area is 120 Å². The van der Waals surface area contributed by atoms with E-state index in [0.717, 1.165) is 7.11 Å². The zero-order valence-corrected chi connectivity index (χ0v) is 11.8. The van der Waals surface area contributed by atoms with E-state index in [9.17, 15) is 18.0 Å². The molecule has 0 spiro atoms.